The van der Waals surface area contributed by atoms with Gasteiger partial charge in [-0.1, -0.05) is 51.1 Å². The molecule has 5 rings (SSSR count). The summed E-state index contributed by atoms with van der Waals surface area (Å²) in [6, 6.07) is 7.70. The summed E-state index contributed by atoms with van der Waals surface area (Å²) in [6.45, 7) is 8.48. The monoisotopic (exact) mass is 323 g/mol. The van der Waals surface area contributed by atoms with Crippen LogP contribution in [0.25, 0.3) is 0 Å². The molecule has 126 valence electrons. The third kappa shape index (κ3) is 1.73. The van der Waals surface area contributed by atoms with E-state index >= 15 is 0 Å². The maximum Gasteiger partial charge on any atom is 0.238 e. The first-order valence-corrected chi connectivity index (χ1v) is 8.96. The molecule has 1 aromatic carbocycles. The van der Waals surface area contributed by atoms with Gasteiger partial charge < -0.3 is 0 Å². The van der Waals surface area contributed by atoms with Crippen molar-refractivity contribution in [1.29, 1.82) is 0 Å². The van der Waals surface area contributed by atoms with Gasteiger partial charge in [-0.25, -0.2) is 4.90 Å². The van der Waals surface area contributed by atoms with Crippen molar-refractivity contribution < 1.29 is 9.59 Å². The standard InChI is InChI=1S/C21H25NO2/c1-13(2)21-11-9-20(4,10-12-21)16-17(21)19(24)22(18(16)23)15-8-6-5-7-14(15)3/h5-9,11,13,16-17H,10,12H2,1-4H3/t16-,17-,20-,21-/m0/s1. The number of rotatable bonds is 2. The molecule has 1 saturated carbocycles. The minimum atomic E-state index is -0.217. The van der Waals surface area contributed by atoms with E-state index in [1.807, 2.05) is 31.2 Å². The number of nitrogens with zero attached hydrogens (tertiary/aromatic N) is 1. The number of amides is 2. The summed E-state index contributed by atoms with van der Waals surface area (Å²) in [5, 5.41) is 0. The van der Waals surface area contributed by atoms with Crippen molar-refractivity contribution in [1.82, 2.24) is 0 Å². The molecule has 2 amide bonds. The van der Waals surface area contributed by atoms with E-state index in [1.54, 1.807) is 0 Å². The number of benzene rings is 1. The van der Waals surface area contributed by atoms with Gasteiger partial charge in [-0.2, -0.15) is 0 Å². The molecule has 24 heavy (non-hydrogen) atoms. The number of fused-ring (bicyclic) bond motifs is 1. The predicted molar refractivity (Wildman–Crippen MR) is 94.4 cm³/mol. The summed E-state index contributed by atoms with van der Waals surface area (Å²) >= 11 is 0. The van der Waals surface area contributed by atoms with Crippen molar-refractivity contribution in [2.75, 3.05) is 4.90 Å². The van der Waals surface area contributed by atoms with Crippen LogP contribution >= 0.6 is 0 Å². The number of hydrogen-bond acceptors (Lipinski definition) is 2. The van der Waals surface area contributed by atoms with Crippen molar-refractivity contribution in [2.24, 2.45) is 28.6 Å². The normalized spacial score (nSPS) is 37.5. The lowest BCUT2D eigenvalue weighted by molar-refractivity contribution is -0.135. The van der Waals surface area contributed by atoms with Gasteiger partial charge in [0.25, 0.3) is 0 Å². The SMILES string of the molecule is Cc1ccccc1N1C(=O)[C@@H]2[C@@H](C1=O)[C@@]1(C(C)C)C=C[C@@]2(C)CC1. The highest BCUT2D eigenvalue weighted by Gasteiger charge is 2.67. The van der Waals surface area contributed by atoms with E-state index < -0.39 is 0 Å². The van der Waals surface area contributed by atoms with E-state index in [1.165, 1.54) is 4.90 Å². The van der Waals surface area contributed by atoms with Crippen LogP contribution in [-0.2, 0) is 9.59 Å². The van der Waals surface area contributed by atoms with Crippen LogP contribution in [0.5, 0.6) is 0 Å². The Balaban J connectivity index is 1.88. The zero-order valence-corrected chi connectivity index (χ0v) is 14.9. The summed E-state index contributed by atoms with van der Waals surface area (Å²) in [7, 11) is 0. The van der Waals surface area contributed by atoms with Crippen molar-refractivity contribution >= 4 is 17.5 Å². The number of allylic oxidation sites excluding steroid dienone is 2. The highest BCUT2D eigenvalue weighted by molar-refractivity contribution is 6.23. The fourth-order valence-electron chi connectivity index (χ4n) is 5.28. The van der Waals surface area contributed by atoms with Gasteiger partial charge >= 0.3 is 0 Å². The number of anilines is 1. The molecule has 1 heterocycles. The van der Waals surface area contributed by atoms with Crippen LogP contribution in [0.3, 0.4) is 0 Å². The molecule has 0 spiro atoms. The molecule has 0 N–H and O–H groups in total. The summed E-state index contributed by atoms with van der Waals surface area (Å²) in [4.78, 5) is 28.2. The largest absolute Gasteiger partial charge is 0.274 e. The molecule has 3 aliphatic carbocycles. The molecule has 2 bridgehead atoms. The van der Waals surface area contributed by atoms with E-state index in [9.17, 15) is 9.59 Å². The van der Waals surface area contributed by atoms with Crippen LogP contribution < -0.4 is 4.90 Å². The lowest BCUT2D eigenvalue weighted by atomic mass is 9.46. The van der Waals surface area contributed by atoms with E-state index in [4.69, 9.17) is 0 Å². The molecule has 3 heteroatoms. The first-order chi connectivity index (χ1) is 11.3. The highest BCUT2D eigenvalue weighted by Crippen LogP contribution is 2.64. The zero-order chi connectivity index (χ0) is 17.3. The lowest BCUT2D eigenvalue weighted by Gasteiger charge is -2.55. The molecule has 1 aromatic rings. The van der Waals surface area contributed by atoms with Crippen molar-refractivity contribution in [3.63, 3.8) is 0 Å². The number of carbonyl (C=O) groups is 2. The molecular weight excluding hydrogens is 298 g/mol. The first kappa shape index (κ1) is 15.6. The number of hydrogen-bond donors (Lipinski definition) is 0. The summed E-state index contributed by atoms with van der Waals surface area (Å²) in [5.41, 5.74) is 1.36. The van der Waals surface area contributed by atoms with E-state index in [0.717, 1.165) is 24.1 Å². The molecule has 1 saturated heterocycles. The number of aryl methyl sites for hydroxylation is 1. The van der Waals surface area contributed by atoms with Gasteiger partial charge in [0.2, 0.25) is 11.8 Å². The Morgan fingerprint density at radius 1 is 1.04 bits per heavy atom. The third-order valence-corrected chi connectivity index (χ3v) is 6.90. The topological polar surface area (TPSA) is 37.4 Å². The lowest BCUT2D eigenvalue weighted by Crippen LogP contribution is -2.53. The van der Waals surface area contributed by atoms with Gasteiger partial charge in [-0.15, -0.1) is 0 Å². The Kier molecular flexibility index (Phi) is 3.13. The molecule has 1 aliphatic heterocycles. The Hall–Kier alpha value is -1.90. The molecule has 0 radical (unpaired) electrons. The Morgan fingerprint density at radius 2 is 1.71 bits per heavy atom. The molecule has 3 nitrogen and oxygen atoms in total. The quantitative estimate of drug-likeness (QED) is 0.606. The Bertz CT molecular complexity index is 765. The Labute approximate surface area is 143 Å². The predicted octanol–water partition coefficient (Wildman–Crippen LogP) is 4.11. The summed E-state index contributed by atoms with van der Waals surface area (Å²) < 4.78 is 0. The smallest absolute Gasteiger partial charge is 0.238 e. The van der Waals surface area contributed by atoms with Crippen molar-refractivity contribution in [3.8, 4) is 0 Å². The minimum absolute atomic E-state index is 0.00303. The maximum absolute atomic E-state index is 13.4. The molecule has 0 aromatic heterocycles. The number of carbonyl (C=O) groups excluding carboxylic acids is 2. The fraction of sp³-hybridized carbons (Fsp3) is 0.524. The van der Waals surface area contributed by atoms with Crippen molar-refractivity contribution in [2.45, 2.75) is 40.5 Å². The van der Waals surface area contributed by atoms with Crippen LogP contribution in [0.4, 0.5) is 5.69 Å². The van der Waals surface area contributed by atoms with E-state index in [-0.39, 0.29) is 34.5 Å². The Morgan fingerprint density at radius 3 is 2.29 bits per heavy atom. The van der Waals surface area contributed by atoms with Gasteiger partial charge in [0.1, 0.15) is 0 Å². The molecule has 2 fully saturated rings. The average molecular weight is 323 g/mol. The van der Waals surface area contributed by atoms with Gasteiger partial charge in [0.05, 0.1) is 17.5 Å². The van der Waals surface area contributed by atoms with Crippen molar-refractivity contribution in [3.05, 3.63) is 42.0 Å². The zero-order valence-electron chi connectivity index (χ0n) is 14.9. The van der Waals surface area contributed by atoms with E-state index in [2.05, 4.69) is 32.9 Å². The third-order valence-electron chi connectivity index (χ3n) is 6.90. The fourth-order valence-corrected chi connectivity index (χ4v) is 5.28. The second-order valence-corrected chi connectivity index (χ2v) is 8.36. The van der Waals surface area contributed by atoms with E-state index in [0.29, 0.717) is 5.92 Å². The van der Waals surface area contributed by atoms with Crippen LogP contribution in [0, 0.1) is 35.5 Å². The van der Waals surface area contributed by atoms with Crippen LogP contribution in [-0.4, -0.2) is 11.8 Å². The van der Waals surface area contributed by atoms with Crippen LogP contribution in [0.1, 0.15) is 39.2 Å². The molecule has 4 aliphatic rings. The van der Waals surface area contributed by atoms with Gasteiger partial charge in [0, 0.05) is 5.41 Å². The highest BCUT2D eigenvalue weighted by atomic mass is 16.2. The first-order valence-electron chi connectivity index (χ1n) is 8.96. The molecule has 4 atom stereocenters. The summed E-state index contributed by atoms with van der Waals surface area (Å²) in [5.74, 6) is -0.0852. The van der Waals surface area contributed by atoms with Crippen LogP contribution in [0.15, 0.2) is 36.4 Å². The number of imide groups is 1. The number of para-hydroxylation sites is 1. The minimum Gasteiger partial charge on any atom is -0.274 e. The average Bonchev–Trinajstić information content (AvgIpc) is 2.83. The van der Waals surface area contributed by atoms with Gasteiger partial charge in [-0.05, 0) is 42.7 Å². The summed E-state index contributed by atoms with van der Waals surface area (Å²) in [6.07, 6.45) is 6.47. The van der Waals surface area contributed by atoms with Crippen LogP contribution in [0.2, 0.25) is 0 Å². The molecule has 0 unspecified atom stereocenters. The second kappa shape index (κ2) is 4.81. The second-order valence-electron chi connectivity index (χ2n) is 8.36. The maximum atomic E-state index is 13.4. The van der Waals surface area contributed by atoms with Gasteiger partial charge in [-0.3, -0.25) is 9.59 Å². The molecular formula is C21H25NO2. The van der Waals surface area contributed by atoms with Gasteiger partial charge in [0.15, 0.2) is 0 Å².